The summed E-state index contributed by atoms with van der Waals surface area (Å²) in [5.41, 5.74) is 0.724. The number of aryl methyl sites for hydroxylation is 1. The van der Waals surface area contributed by atoms with Gasteiger partial charge in [0.05, 0.1) is 10.5 Å². The number of nitro benzene ring substituents is 1. The van der Waals surface area contributed by atoms with Crippen molar-refractivity contribution >= 4 is 11.5 Å². The van der Waals surface area contributed by atoms with Crippen LogP contribution in [0.1, 0.15) is 22.8 Å². The molecule has 0 bridgehead atoms. The Morgan fingerprint density at radius 3 is 2.46 bits per heavy atom. The van der Waals surface area contributed by atoms with E-state index in [9.17, 15) is 14.9 Å². The fourth-order valence-electron chi connectivity index (χ4n) is 1.26. The van der Waals surface area contributed by atoms with Crippen LogP contribution in [0.15, 0.2) is 18.2 Å². The van der Waals surface area contributed by atoms with Crippen LogP contribution in [0, 0.1) is 17.0 Å². The van der Waals surface area contributed by atoms with E-state index in [2.05, 4.69) is 0 Å². The Bertz CT molecular complexity index is 371. The van der Waals surface area contributed by atoms with Crippen molar-refractivity contribution in [1.82, 2.24) is 0 Å². The average Bonchev–Trinajstić information content (AvgIpc) is 2.02. The Morgan fingerprint density at radius 2 is 2.08 bits per heavy atom. The molecule has 4 nitrogen and oxygen atoms in total. The number of carbonyl (C=O) groups is 1. The monoisotopic (exact) mass is 179 g/mol. The van der Waals surface area contributed by atoms with Gasteiger partial charge in [-0.1, -0.05) is 12.1 Å². The number of hydrogen-bond acceptors (Lipinski definition) is 3. The van der Waals surface area contributed by atoms with Crippen LogP contribution in [0.4, 0.5) is 5.69 Å². The van der Waals surface area contributed by atoms with Gasteiger partial charge in [-0.2, -0.15) is 0 Å². The molecule has 13 heavy (non-hydrogen) atoms. The summed E-state index contributed by atoms with van der Waals surface area (Å²) in [5, 5.41) is 10.5. The van der Waals surface area contributed by atoms with Gasteiger partial charge in [0.15, 0.2) is 5.78 Å². The molecular weight excluding hydrogens is 170 g/mol. The third-order valence-corrected chi connectivity index (χ3v) is 1.80. The van der Waals surface area contributed by atoms with Crippen LogP contribution < -0.4 is 0 Å². The summed E-state index contributed by atoms with van der Waals surface area (Å²) in [6, 6.07) is 4.59. The Labute approximate surface area is 75.3 Å². The van der Waals surface area contributed by atoms with Crippen LogP contribution in [0.3, 0.4) is 0 Å². The van der Waals surface area contributed by atoms with E-state index < -0.39 is 4.92 Å². The van der Waals surface area contributed by atoms with Crippen molar-refractivity contribution in [2.45, 2.75) is 13.8 Å². The highest BCUT2D eigenvalue weighted by atomic mass is 16.6. The fourth-order valence-corrected chi connectivity index (χ4v) is 1.26. The molecule has 68 valence electrons. The molecule has 1 rings (SSSR count). The lowest BCUT2D eigenvalue weighted by molar-refractivity contribution is -0.385. The van der Waals surface area contributed by atoms with Gasteiger partial charge in [-0.3, -0.25) is 14.9 Å². The topological polar surface area (TPSA) is 60.2 Å². The summed E-state index contributed by atoms with van der Waals surface area (Å²) in [6.45, 7) is 3.01. The zero-order valence-corrected chi connectivity index (χ0v) is 7.40. The van der Waals surface area contributed by atoms with Crippen LogP contribution in [0.2, 0.25) is 0 Å². The van der Waals surface area contributed by atoms with Gasteiger partial charge in [-0.05, 0) is 19.4 Å². The summed E-state index contributed by atoms with van der Waals surface area (Å²) in [6.07, 6.45) is 0. The fraction of sp³-hybridized carbons (Fsp3) is 0.222. The molecule has 1 aromatic rings. The van der Waals surface area contributed by atoms with Crippen molar-refractivity contribution < 1.29 is 9.72 Å². The van der Waals surface area contributed by atoms with Crippen molar-refractivity contribution in [3.05, 3.63) is 39.4 Å². The maximum Gasteiger partial charge on any atom is 0.280 e. The number of Topliss-reactive ketones (excluding diaryl/α,β-unsaturated/α-hetero) is 1. The zero-order valence-electron chi connectivity index (χ0n) is 7.40. The minimum Gasteiger partial charge on any atom is -0.294 e. The highest BCUT2D eigenvalue weighted by molar-refractivity contribution is 5.99. The molecule has 0 heterocycles. The predicted octanol–water partition coefficient (Wildman–Crippen LogP) is 2.11. The van der Waals surface area contributed by atoms with E-state index in [0.717, 1.165) is 0 Å². The zero-order chi connectivity index (χ0) is 10.0. The molecule has 0 spiro atoms. The summed E-state index contributed by atoms with van der Waals surface area (Å²) in [5.74, 6) is -0.273. The molecule has 0 saturated carbocycles. The summed E-state index contributed by atoms with van der Waals surface area (Å²) >= 11 is 0. The number of carbonyl (C=O) groups excluding carboxylic acids is 1. The number of ketones is 1. The maximum absolute atomic E-state index is 11.1. The number of nitrogens with zero attached hydrogens (tertiary/aromatic N) is 1. The molecule has 0 aromatic heterocycles. The van der Waals surface area contributed by atoms with Crippen molar-refractivity contribution in [2.75, 3.05) is 0 Å². The summed E-state index contributed by atoms with van der Waals surface area (Å²) in [7, 11) is 0. The average molecular weight is 179 g/mol. The minimum atomic E-state index is -0.538. The van der Waals surface area contributed by atoms with Crippen molar-refractivity contribution in [2.24, 2.45) is 0 Å². The second kappa shape index (κ2) is 3.35. The molecule has 4 heteroatoms. The van der Waals surface area contributed by atoms with Gasteiger partial charge in [-0.15, -0.1) is 0 Å². The van der Waals surface area contributed by atoms with E-state index in [1.54, 1.807) is 19.1 Å². The lowest BCUT2D eigenvalue weighted by Gasteiger charge is -2.01. The molecule has 0 fully saturated rings. The highest BCUT2D eigenvalue weighted by Gasteiger charge is 2.18. The molecule has 0 aliphatic rings. The van der Waals surface area contributed by atoms with Crippen molar-refractivity contribution in [3.63, 3.8) is 0 Å². The lowest BCUT2D eigenvalue weighted by atomic mass is 10.0. The van der Waals surface area contributed by atoms with Crippen LogP contribution in [0.5, 0.6) is 0 Å². The highest BCUT2D eigenvalue weighted by Crippen LogP contribution is 2.21. The summed E-state index contributed by atoms with van der Waals surface area (Å²) in [4.78, 5) is 21.1. The van der Waals surface area contributed by atoms with Crippen LogP contribution >= 0.6 is 0 Å². The Kier molecular flexibility index (Phi) is 2.41. The standard InChI is InChI=1S/C9H9NO3/c1-6-4-3-5-8(10(12)13)9(6)7(2)11/h3-5H,1-2H3. The van der Waals surface area contributed by atoms with Gasteiger partial charge in [0.2, 0.25) is 0 Å². The van der Waals surface area contributed by atoms with Crippen molar-refractivity contribution in [1.29, 1.82) is 0 Å². The van der Waals surface area contributed by atoms with Crippen LogP contribution in [-0.4, -0.2) is 10.7 Å². The molecular formula is C9H9NO3. The summed E-state index contributed by atoms with van der Waals surface area (Å²) < 4.78 is 0. The van der Waals surface area contributed by atoms with Gasteiger partial charge in [0, 0.05) is 6.07 Å². The normalized spacial score (nSPS) is 9.69. The first-order valence-corrected chi connectivity index (χ1v) is 3.79. The molecule has 0 aliphatic carbocycles. The van der Waals surface area contributed by atoms with Crippen LogP contribution in [-0.2, 0) is 0 Å². The first kappa shape index (κ1) is 9.38. The van der Waals surface area contributed by atoms with Gasteiger partial charge in [0.1, 0.15) is 0 Å². The lowest BCUT2D eigenvalue weighted by Crippen LogP contribution is -2.02. The third kappa shape index (κ3) is 1.72. The minimum absolute atomic E-state index is 0.118. The Balaban J connectivity index is 3.43. The smallest absolute Gasteiger partial charge is 0.280 e. The first-order chi connectivity index (χ1) is 6.04. The van der Waals surface area contributed by atoms with Gasteiger partial charge in [-0.25, -0.2) is 0 Å². The predicted molar refractivity (Wildman–Crippen MR) is 47.8 cm³/mol. The molecule has 0 saturated heterocycles. The molecule has 0 unspecified atom stereocenters. The largest absolute Gasteiger partial charge is 0.294 e. The number of hydrogen-bond donors (Lipinski definition) is 0. The number of rotatable bonds is 2. The molecule has 1 aromatic carbocycles. The number of benzene rings is 1. The maximum atomic E-state index is 11.1. The molecule has 0 amide bonds. The molecule has 0 radical (unpaired) electrons. The quantitative estimate of drug-likeness (QED) is 0.397. The second-order valence-corrected chi connectivity index (χ2v) is 2.78. The van der Waals surface area contributed by atoms with E-state index in [4.69, 9.17) is 0 Å². The Morgan fingerprint density at radius 1 is 1.46 bits per heavy atom. The van der Waals surface area contributed by atoms with E-state index in [-0.39, 0.29) is 17.0 Å². The Hall–Kier alpha value is -1.71. The van der Waals surface area contributed by atoms with Gasteiger partial charge in [0.25, 0.3) is 5.69 Å². The SMILES string of the molecule is CC(=O)c1c(C)cccc1[N+](=O)[O-]. The molecule has 0 N–H and O–H groups in total. The van der Waals surface area contributed by atoms with Gasteiger partial charge >= 0.3 is 0 Å². The van der Waals surface area contributed by atoms with Crippen molar-refractivity contribution in [3.8, 4) is 0 Å². The van der Waals surface area contributed by atoms with Gasteiger partial charge < -0.3 is 0 Å². The third-order valence-electron chi connectivity index (χ3n) is 1.80. The van der Waals surface area contributed by atoms with E-state index >= 15 is 0 Å². The number of nitro groups is 1. The molecule has 0 atom stereocenters. The van der Waals surface area contributed by atoms with E-state index in [1.807, 2.05) is 0 Å². The second-order valence-electron chi connectivity index (χ2n) is 2.78. The van der Waals surface area contributed by atoms with Crippen LogP contribution in [0.25, 0.3) is 0 Å². The molecule has 0 aliphatic heterocycles. The van der Waals surface area contributed by atoms with E-state index in [0.29, 0.717) is 5.56 Å². The first-order valence-electron chi connectivity index (χ1n) is 3.79. The van der Waals surface area contributed by atoms with E-state index in [1.165, 1.54) is 13.0 Å².